The van der Waals surface area contributed by atoms with E-state index in [2.05, 4.69) is 15.7 Å². The molecular formula is C34H40KN9O4. The van der Waals surface area contributed by atoms with E-state index in [1.807, 2.05) is 24.8 Å². The molecule has 0 bridgehead atoms. The number of nitrogen functional groups attached to an aromatic ring is 1. The van der Waals surface area contributed by atoms with Crippen molar-refractivity contribution in [2.45, 2.75) is 52.5 Å². The Kier molecular flexibility index (Phi) is 12.0. The van der Waals surface area contributed by atoms with Crippen molar-refractivity contribution in [3.8, 4) is 16.9 Å². The number of carbonyl (C=O) groups is 2. The van der Waals surface area contributed by atoms with Gasteiger partial charge < -0.3 is 26.1 Å². The first kappa shape index (κ1) is 37.0. The SMILES string of the molecule is C[N-]n1c(C2CCN(C(=O)C(C)C)CC2)cc(-c2ccc(NC(=O)c3cn(C(C)C)c(=O)n(-c4ccccn4)c3=O)cc2)c1C(=N)N.[K+]. The Hall–Kier alpha value is -3.82. The van der Waals surface area contributed by atoms with Crippen LogP contribution in [0.15, 0.2) is 70.5 Å². The zero-order valence-corrected chi connectivity index (χ0v) is 31.4. The second-order valence-electron chi connectivity index (χ2n) is 12.2. The molecule has 0 saturated carbocycles. The molecule has 3 aromatic heterocycles. The average Bonchev–Trinajstić information content (AvgIpc) is 3.45. The van der Waals surface area contributed by atoms with Crippen LogP contribution in [-0.2, 0) is 4.79 Å². The van der Waals surface area contributed by atoms with Crippen LogP contribution in [0, 0.1) is 11.3 Å². The van der Waals surface area contributed by atoms with Crippen molar-refractivity contribution >= 4 is 23.3 Å². The van der Waals surface area contributed by atoms with Gasteiger partial charge in [-0.05, 0) is 62.6 Å². The second-order valence-corrected chi connectivity index (χ2v) is 12.2. The topological polar surface area (TPSA) is 175 Å². The maximum absolute atomic E-state index is 13.4. The maximum Gasteiger partial charge on any atom is 1.00 e. The summed E-state index contributed by atoms with van der Waals surface area (Å²) in [5.41, 5.74) is 12.2. The molecule has 1 fully saturated rings. The largest absolute Gasteiger partial charge is 1.00 e. The van der Waals surface area contributed by atoms with Crippen molar-refractivity contribution in [2.24, 2.45) is 11.7 Å². The average molecular weight is 678 g/mol. The molecule has 4 aromatic rings. The fourth-order valence-corrected chi connectivity index (χ4v) is 5.98. The van der Waals surface area contributed by atoms with Gasteiger partial charge in [0.15, 0.2) is 0 Å². The molecule has 4 heterocycles. The molecule has 0 aliphatic carbocycles. The summed E-state index contributed by atoms with van der Waals surface area (Å²) in [6, 6.07) is 13.5. The van der Waals surface area contributed by atoms with E-state index in [-0.39, 0.29) is 92.4 Å². The number of amidine groups is 1. The second kappa shape index (κ2) is 15.6. The summed E-state index contributed by atoms with van der Waals surface area (Å²) in [5, 5.41) is 11.1. The molecule has 1 aromatic carbocycles. The Morgan fingerprint density at radius 1 is 1.04 bits per heavy atom. The summed E-state index contributed by atoms with van der Waals surface area (Å²) in [4.78, 5) is 58.5. The van der Waals surface area contributed by atoms with Crippen LogP contribution in [-0.4, -0.2) is 61.5 Å². The predicted molar refractivity (Wildman–Crippen MR) is 181 cm³/mol. The summed E-state index contributed by atoms with van der Waals surface area (Å²) in [5.74, 6) is -0.458. The number of nitrogens with zero attached hydrogens (tertiary/aromatic N) is 6. The number of nitrogens with two attached hydrogens (primary N) is 1. The van der Waals surface area contributed by atoms with Gasteiger partial charge in [0.2, 0.25) is 5.91 Å². The van der Waals surface area contributed by atoms with Crippen LogP contribution in [0.25, 0.3) is 22.4 Å². The third-order valence-electron chi connectivity index (χ3n) is 8.42. The predicted octanol–water partition coefficient (Wildman–Crippen LogP) is 1.11. The number of benzene rings is 1. The van der Waals surface area contributed by atoms with Crippen LogP contribution < -0.4 is 73.7 Å². The number of rotatable bonds is 9. The monoisotopic (exact) mass is 677 g/mol. The number of carbonyl (C=O) groups excluding carboxylic acids is 2. The van der Waals surface area contributed by atoms with E-state index in [1.54, 1.807) is 62.0 Å². The molecule has 1 aliphatic heterocycles. The van der Waals surface area contributed by atoms with Gasteiger partial charge in [-0.3, -0.25) is 24.4 Å². The summed E-state index contributed by atoms with van der Waals surface area (Å²) in [6.45, 7) is 8.68. The van der Waals surface area contributed by atoms with Crippen LogP contribution in [0.2, 0.25) is 0 Å². The third-order valence-corrected chi connectivity index (χ3v) is 8.42. The van der Waals surface area contributed by atoms with Gasteiger partial charge in [0.25, 0.3) is 11.5 Å². The Labute approximate surface area is 321 Å². The number of aromatic nitrogens is 4. The molecule has 246 valence electrons. The van der Waals surface area contributed by atoms with Gasteiger partial charge in [-0.2, -0.15) is 0 Å². The molecule has 13 nitrogen and oxygen atoms in total. The van der Waals surface area contributed by atoms with Gasteiger partial charge >= 0.3 is 57.1 Å². The Balaban J connectivity index is 0.00000520. The van der Waals surface area contributed by atoms with Crippen molar-refractivity contribution in [1.29, 1.82) is 5.41 Å². The molecule has 48 heavy (non-hydrogen) atoms. The van der Waals surface area contributed by atoms with Crippen LogP contribution >= 0.6 is 0 Å². The van der Waals surface area contributed by atoms with Crippen molar-refractivity contribution in [3.05, 3.63) is 104 Å². The molecule has 2 amide bonds. The molecule has 1 saturated heterocycles. The van der Waals surface area contributed by atoms with Gasteiger partial charge in [-0.25, -0.2) is 14.3 Å². The molecule has 4 N–H and O–H groups in total. The maximum atomic E-state index is 13.4. The van der Waals surface area contributed by atoms with Gasteiger partial charge in [0.05, 0.1) is 5.69 Å². The van der Waals surface area contributed by atoms with E-state index in [1.165, 1.54) is 23.0 Å². The number of anilines is 1. The van der Waals surface area contributed by atoms with Gasteiger partial charge in [-0.1, -0.05) is 32.0 Å². The van der Waals surface area contributed by atoms with Crippen molar-refractivity contribution < 1.29 is 61.0 Å². The Morgan fingerprint density at radius 2 is 1.71 bits per heavy atom. The van der Waals surface area contributed by atoms with Gasteiger partial charge in [-0.15, -0.1) is 7.05 Å². The minimum Gasteiger partial charge on any atom is -0.619 e. The quantitative estimate of drug-likeness (QED) is 0.136. The molecule has 1 aliphatic rings. The summed E-state index contributed by atoms with van der Waals surface area (Å²) >= 11 is 0. The number of likely N-dealkylation sites (tertiary alicyclic amines) is 1. The van der Waals surface area contributed by atoms with E-state index >= 15 is 0 Å². The fourth-order valence-electron chi connectivity index (χ4n) is 5.98. The molecule has 0 atom stereocenters. The number of hydrogen-bond donors (Lipinski definition) is 3. The summed E-state index contributed by atoms with van der Waals surface area (Å²) in [7, 11) is 1.65. The smallest absolute Gasteiger partial charge is 0.619 e. The van der Waals surface area contributed by atoms with E-state index in [0.29, 0.717) is 24.5 Å². The van der Waals surface area contributed by atoms with E-state index in [4.69, 9.17) is 11.1 Å². The Bertz CT molecular complexity index is 1920. The van der Waals surface area contributed by atoms with Crippen molar-refractivity contribution in [3.63, 3.8) is 0 Å². The molecule has 0 unspecified atom stereocenters. The van der Waals surface area contributed by atoms with Crippen LogP contribution in [0.5, 0.6) is 0 Å². The summed E-state index contributed by atoms with van der Waals surface area (Å²) in [6.07, 6.45) is 4.29. The first-order valence-electron chi connectivity index (χ1n) is 15.6. The number of piperidine rings is 1. The van der Waals surface area contributed by atoms with Gasteiger partial charge in [0, 0.05) is 60.3 Å². The van der Waals surface area contributed by atoms with Crippen LogP contribution in [0.4, 0.5) is 5.69 Å². The minimum absolute atomic E-state index is 0. The number of hydrogen-bond acceptors (Lipinski definition) is 6. The zero-order valence-electron chi connectivity index (χ0n) is 28.2. The standard InChI is InChI=1S/C34H40N9O4.K/c1-20(2)32(45)40-16-13-23(14-17-40)27-18-25(29(30(35)36)43(27)37-5)22-9-11-24(12-10-22)39-31(44)26-19-41(21(3)4)34(47)42(33(26)46)28-8-6-7-15-38-28;/h6-12,15,18-21,23H,13-14,16-17H2,1-5H3,(H3,35,36)(H,39,44);/q-1;+1. The number of amides is 2. The molecule has 0 radical (unpaired) electrons. The zero-order chi connectivity index (χ0) is 34.0. The molecule has 0 spiro atoms. The summed E-state index contributed by atoms with van der Waals surface area (Å²) < 4.78 is 3.94. The Morgan fingerprint density at radius 3 is 2.25 bits per heavy atom. The molecule has 5 rings (SSSR count). The van der Waals surface area contributed by atoms with E-state index in [0.717, 1.165) is 34.2 Å². The van der Waals surface area contributed by atoms with Crippen molar-refractivity contribution in [2.75, 3.05) is 25.5 Å². The third kappa shape index (κ3) is 7.42. The van der Waals surface area contributed by atoms with E-state index in [9.17, 15) is 19.2 Å². The molecule has 14 heteroatoms. The fraction of sp³-hybridized carbons (Fsp3) is 0.353. The molecular weight excluding hydrogens is 638 g/mol. The first-order chi connectivity index (χ1) is 22.4. The van der Waals surface area contributed by atoms with E-state index < -0.39 is 17.2 Å². The van der Waals surface area contributed by atoms with Crippen LogP contribution in [0.1, 0.15) is 74.2 Å². The number of pyridine rings is 1. The normalized spacial score (nSPS) is 13.4. The van der Waals surface area contributed by atoms with Crippen LogP contribution in [0.3, 0.4) is 0 Å². The minimum atomic E-state index is -0.776. The number of nitrogens with one attached hydrogen (secondary N) is 2. The first-order valence-corrected chi connectivity index (χ1v) is 15.6. The van der Waals surface area contributed by atoms with Gasteiger partial charge in [0.1, 0.15) is 17.2 Å². The van der Waals surface area contributed by atoms with Crippen molar-refractivity contribution in [1.82, 2.24) is 23.7 Å².